The van der Waals surface area contributed by atoms with E-state index >= 15 is 0 Å². The molecule has 3 heterocycles. The van der Waals surface area contributed by atoms with Gasteiger partial charge in [0.2, 0.25) is 11.8 Å². The lowest BCUT2D eigenvalue weighted by molar-refractivity contribution is -0.124. The van der Waals surface area contributed by atoms with Crippen molar-refractivity contribution in [1.29, 1.82) is 0 Å². The molecule has 4 rings (SSSR count). The fourth-order valence-electron chi connectivity index (χ4n) is 3.17. The van der Waals surface area contributed by atoms with Crippen LogP contribution in [0.3, 0.4) is 0 Å². The predicted molar refractivity (Wildman–Crippen MR) is 71.4 cm³/mol. The maximum Gasteiger partial charge on any atom is 0.240 e. The van der Waals surface area contributed by atoms with Gasteiger partial charge in [0.05, 0.1) is 29.7 Å². The molecular formula is C14H10BrNO3. The highest BCUT2D eigenvalue weighted by Gasteiger charge is 2.61. The van der Waals surface area contributed by atoms with Crippen molar-refractivity contribution < 1.29 is 14.3 Å². The molecule has 0 spiro atoms. The molecule has 5 heteroatoms. The number of carbonyl (C=O) groups is 2. The highest BCUT2D eigenvalue weighted by Crippen LogP contribution is 2.47. The number of carbonyl (C=O) groups excluding carboxylic acids is 2. The van der Waals surface area contributed by atoms with Crippen molar-refractivity contribution in [2.75, 3.05) is 4.90 Å². The van der Waals surface area contributed by atoms with Gasteiger partial charge in [0.1, 0.15) is 0 Å². The standard InChI is InChI=1S/C14H10BrNO3/c15-7-3-1-2-4-8(7)16-13(17)11-9-5-6-10(19-9)12(11)14(16)18/h1-6,9-12H/t9-,10-,11-,12+/m1/s1. The van der Waals surface area contributed by atoms with E-state index in [-0.39, 0.29) is 35.9 Å². The Hall–Kier alpha value is -1.46. The van der Waals surface area contributed by atoms with Crippen LogP contribution in [0.5, 0.6) is 0 Å². The van der Waals surface area contributed by atoms with E-state index in [2.05, 4.69) is 15.9 Å². The van der Waals surface area contributed by atoms with Crippen LogP contribution in [-0.4, -0.2) is 24.0 Å². The molecule has 2 fully saturated rings. The second-order valence-corrected chi connectivity index (χ2v) is 5.82. The van der Waals surface area contributed by atoms with E-state index < -0.39 is 0 Å². The number of para-hydroxylation sites is 1. The molecular weight excluding hydrogens is 310 g/mol. The van der Waals surface area contributed by atoms with Gasteiger partial charge < -0.3 is 4.74 Å². The molecule has 4 atom stereocenters. The van der Waals surface area contributed by atoms with Crippen molar-refractivity contribution >= 4 is 33.4 Å². The quantitative estimate of drug-likeness (QED) is 0.586. The lowest BCUT2D eigenvalue weighted by Gasteiger charge is -2.18. The molecule has 2 saturated heterocycles. The number of fused-ring (bicyclic) bond motifs is 5. The fraction of sp³-hybridized carbons (Fsp3) is 0.286. The van der Waals surface area contributed by atoms with Crippen LogP contribution < -0.4 is 4.90 Å². The molecule has 0 N–H and O–H groups in total. The summed E-state index contributed by atoms with van der Waals surface area (Å²) in [5.74, 6) is -1.01. The fourth-order valence-corrected chi connectivity index (χ4v) is 3.64. The van der Waals surface area contributed by atoms with E-state index in [1.807, 2.05) is 30.4 Å². The lowest BCUT2D eigenvalue weighted by Crippen LogP contribution is -2.34. The summed E-state index contributed by atoms with van der Waals surface area (Å²) in [6.07, 6.45) is 3.30. The third-order valence-electron chi connectivity index (χ3n) is 4.00. The zero-order valence-corrected chi connectivity index (χ0v) is 11.4. The SMILES string of the molecule is O=C1[C@@H]2[C@H](C(=O)N1c1ccccc1Br)[C@H]1C=C[C@H]2O1. The Balaban J connectivity index is 1.79. The molecule has 2 amide bonds. The molecule has 2 bridgehead atoms. The van der Waals surface area contributed by atoms with Crippen LogP contribution in [0.2, 0.25) is 0 Å². The Morgan fingerprint density at radius 2 is 1.58 bits per heavy atom. The van der Waals surface area contributed by atoms with Crippen LogP contribution in [0.4, 0.5) is 5.69 Å². The summed E-state index contributed by atoms with van der Waals surface area (Å²) >= 11 is 3.39. The summed E-state index contributed by atoms with van der Waals surface area (Å²) in [4.78, 5) is 26.3. The van der Waals surface area contributed by atoms with E-state index in [1.165, 1.54) is 4.90 Å². The van der Waals surface area contributed by atoms with Gasteiger partial charge in [0, 0.05) is 4.47 Å². The Morgan fingerprint density at radius 3 is 2.16 bits per heavy atom. The van der Waals surface area contributed by atoms with Crippen LogP contribution in [-0.2, 0) is 14.3 Å². The first-order chi connectivity index (χ1) is 9.18. The van der Waals surface area contributed by atoms with Crippen LogP contribution in [0.25, 0.3) is 0 Å². The van der Waals surface area contributed by atoms with Crippen LogP contribution in [0.1, 0.15) is 0 Å². The first-order valence-electron chi connectivity index (χ1n) is 6.14. The molecule has 1 aromatic rings. The van der Waals surface area contributed by atoms with Crippen molar-refractivity contribution in [3.05, 3.63) is 40.9 Å². The van der Waals surface area contributed by atoms with Crippen molar-refractivity contribution in [3.63, 3.8) is 0 Å². The first-order valence-corrected chi connectivity index (χ1v) is 6.94. The lowest BCUT2D eigenvalue weighted by atomic mass is 9.85. The zero-order valence-electron chi connectivity index (χ0n) is 9.82. The third-order valence-corrected chi connectivity index (χ3v) is 4.67. The predicted octanol–water partition coefficient (Wildman–Crippen LogP) is 1.89. The summed E-state index contributed by atoms with van der Waals surface area (Å²) in [7, 11) is 0. The van der Waals surface area contributed by atoms with Gasteiger partial charge in [-0.1, -0.05) is 24.3 Å². The summed E-state index contributed by atoms with van der Waals surface area (Å²) in [5, 5.41) is 0. The van der Waals surface area contributed by atoms with Gasteiger partial charge in [0.15, 0.2) is 0 Å². The molecule has 3 aliphatic rings. The van der Waals surface area contributed by atoms with Crippen molar-refractivity contribution in [1.82, 2.24) is 0 Å². The minimum atomic E-state index is -0.352. The summed E-state index contributed by atoms with van der Waals surface area (Å²) in [6.45, 7) is 0. The Labute approximate surface area is 118 Å². The van der Waals surface area contributed by atoms with E-state index in [1.54, 1.807) is 6.07 Å². The molecule has 3 aliphatic heterocycles. The number of nitrogens with zero attached hydrogens (tertiary/aromatic N) is 1. The Bertz CT molecular complexity index is 597. The number of ether oxygens (including phenoxy) is 1. The zero-order chi connectivity index (χ0) is 13.1. The van der Waals surface area contributed by atoms with Crippen LogP contribution in [0.15, 0.2) is 40.9 Å². The maximum atomic E-state index is 12.5. The number of benzene rings is 1. The van der Waals surface area contributed by atoms with E-state index in [9.17, 15) is 9.59 Å². The Kier molecular flexibility index (Phi) is 2.26. The van der Waals surface area contributed by atoms with Crippen molar-refractivity contribution in [2.45, 2.75) is 12.2 Å². The number of rotatable bonds is 1. The Morgan fingerprint density at radius 1 is 1.00 bits per heavy atom. The highest BCUT2D eigenvalue weighted by molar-refractivity contribution is 9.10. The second-order valence-electron chi connectivity index (χ2n) is 4.97. The van der Waals surface area contributed by atoms with Gasteiger partial charge in [-0.05, 0) is 28.1 Å². The number of amides is 2. The van der Waals surface area contributed by atoms with Crippen LogP contribution in [0, 0.1) is 11.8 Å². The van der Waals surface area contributed by atoms with Gasteiger partial charge in [-0.25, -0.2) is 4.90 Å². The summed E-state index contributed by atoms with van der Waals surface area (Å²) < 4.78 is 6.35. The average Bonchev–Trinajstić information content (AvgIpc) is 3.06. The largest absolute Gasteiger partial charge is 0.365 e. The minimum Gasteiger partial charge on any atom is -0.365 e. The van der Waals surface area contributed by atoms with Crippen molar-refractivity contribution in [3.8, 4) is 0 Å². The molecule has 1 aromatic carbocycles. The molecule has 0 radical (unpaired) electrons. The number of imide groups is 1. The summed E-state index contributed by atoms with van der Waals surface area (Å²) in [5.41, 5.74) is 0.617. The number of hydrogen-bond donors (Lipinski definition) is 0. The van der Waals surface area contributed by atoms with Gasteiger partial charge in [-0.3, -0.25) is 9.59 Å². The number of halogens is 1. The minimum absolute atomic E-state index is 0.154. The second kappa shape index (κ2) is 3.77. The highest BCUT2D eigenvalue weighted by atomic mass is 79.9. The van der Waals surface area contributed by atoms with Crippen LogP contribution >= 0.6 is 15.9 Å². The monoisotopic (exact) mass is 319 g/mol. The first kappa shape index (κ1) is 11.4. The molecule has 0 aliphatic carbocycles. The topological polar surface area (TPSA) is 46.6 Å². The van der Waals surface area contributed by atoms with Gasteiger partial charge in [-0.15, -0.1) is 0 Å². The van der Waals surface area contributed by atoms with E-state index in [4.69, 9.17) is 4.74 Å². The molecule has 0 unspecified atom stereocenters. The van der Waals surface area contributed by atoms with Crippen molar-refractivity contribution in [2.24, 2.45) is 11.8 Å². The molecule has 96 valence electrons. The van der Waals surface area contributed by atoms with E-state index in [0.717, 1.165) is 4.47 Å². The van der Waals surface area contributed by atoms with Gasteiger partial charge >= 0.3 is 0 Å². The molecule has 0 aromatic heterocycles. The average molecular weight is 320 g/mol. The smallest absolute Gasteiger partial charge is 0.240 e. The number of anilines is 1. The molecule has 0 saturated carbocycles. The maximum absolute atomic E-state index is 12.5. The van der Waals surface area contributed by atoms with Gasteiger partial charge in [-0.2, -0.15) is 0 Å². The van der Waals surface area contributed by atoms with Gasteiger partial charge in [0.25, 0.3) is 0 Å². The van der Waals surface area contributed by atoms with E-state index in [0.29, 0.717) is 5.69 Å². The molecule has 19 heavy (non-hydrogen) atoms. The number of hydrogen-bond acceptors (Lipinski definition) is 3. The normalized spacial score (nSPS) is 35.3. The molecule has 4 nitrogen and oxygen atoms in total. The third kappa shape index (κ3) is 1.37. The summed E-state index contributed by atoms with van der Waals surface area (Å²) in [6, 6.07) is 7.27.